The van der Waals surface area contributed by atoms with E-state index in [2.05, 4.69) is 5.10 Å². The predicted molar refractivity (Wildman–Crippen MR) is 118 cm³/mol. The molecule has 1 heterocycles. The molecule has 7 nitrogen and oxygen atoms in total. The lowest BCUT2D eigenvalue weighted by Crippen LogP contribution is -2.40. The molecule has 0 radical (unpaired) electrons. The van der Waals surface area contributed by atoms with Crippen LogP contribution in [0.5, 0.6) is 11.5 Å². The van der Waals surface area contributed by atoms with Crippen LogP contribution in [0.15, 0.2) is 47.6 Å². The first kappa shape index (κ1) is 21.9. The van der Waals surface area contributed by atoms with Gasteiger partial charge in [0.1, 0.15) is 6.17 Å². The van der Waals surface area contributed by atoms with E-state index in [-0.39, 0.29) is 22.0 Å². The van der Waals surface area contributed by atoms with Crippen molar-refractivity contribution in [1.29, 1.82) is 0 Å². The molecular formula is C22H25N3O4S. The number of aromatic hydroxyl groups is 1. The topological polar surface area (TPSA) is 105 Å². The van der Waals surface area contributed by atoms with Gasteiger partial charge in [0.25, 0.3) is 0 Å². The number of phenols is 1. The van der Waals surface area contributed by atoms with E-state index in [1.165, 1.54) is 12.1 Å². The fraction of sp³-hybridized carbons (Fsp3) is 0.318. The van der Waals surface area contributed by atoms with Crippen molar-refractivity contribution < 1.29 is 19.4 Å². The molecule has 0 aromatic heterocycles. The van der Waals surface area contributed by atoms with Gasteiger partial charge < -0.3 is 15.6 Å². The number of Topliss-reactive ketones (excluding diaryl/α,β-unsaturated/α-hetero) is 1. The molecule has 0 saturated heterocycles. The predicted octanol–water partition coefficient (Wildman–Crippen LogP) is 4.30. The first-order valence-electron chi connectivity index (χ1n) is 9.74. The number of benzene rings is 2. The van der Waals surface area contributed by atoms with Crippen molar-refractivity contribution in [1.82, 2.24) is 5.01 Å². The molecule has 3 rings (SSSR count). The molecule has 1 aliphatic rings. The van der Waals surface area contributed by atoms with E-state index in [1.807, 2.05) is 13.8 Å². The Hall–Kier alpha value is -2.84. The average Bonchev–Trinajstić information content (AvgIpc) is 2.77. The number of ether oxygens (including phenoxy) is 1. The Kier molecular flexibility index (Phi) is 6.79. The molecule has 1 aliphatic heterocycles. The smallest absolute Gasteiger partial charge is 0.304 e. The van der Waals surface area contributed by atoms with Gasteiger partial charge in [0.15, 0.2) is 17.3 Å². The van der Waals surface area contributed by atoms with E-state index in [4.69, 9.17) is 10.5 Å². The third kappa shape index (κ3) is 4.34. The largest absolute Gasteiger partial charge is 0.504 e. The summed E-state index contributed by atoms with van der Waals surface area (Å²) in [4.78, 5) is 24.6. The number of ketones is 1. The van der Waals surface area contributed by atoms with Crippen LogP contribution in [0.3, 0.4) is 0 Å². The maximum absolute atomic E-state index is 12.7. The highest BCUT2D eigenvalue weighted by Gasteiger charge is 2.33. The Morgan fingerprint density at radius 3 is 2.53 bits per heavy atom. The van der Waals surface area contributed by atoms with Crippen molar-refractivity contribution in [3.8, 4) is 11.5 Å². The van der Waals surface area contributed by atoms with Gasteiger partial charge in [-0.15, -0.1) is 0 Å². The van der Waals surface area contributed by atoms with Crippen LogP contribution in [0.4, 0.5) is 4.79 Å². The summed E-state index contributed by atoms with van der Waals surface area (Å²) in [5.41, 5.74) is 8.99. The Labute approximate surface area is 179 Å². The monoisotopic (exact) mass is 427 g/mol. The number of carbonyl (C=O) groups excluding carboxylic acids is 2. The van der Waals surface area contributed by atoms with Gasteiger partial charge in [0, 0.05) is 17.5 Å². The van der Waals surface area contributed by atoms with Gasteiger partial charge in [-0.2, -0.15) is 5.10 Å². The molecule has 2 unspecified atom stereocenters. The molecule has 3 N–H and O–H groups in total. The molecule has 30 heavy (non-hydrogen) atoms. The van der Waals surface area contributed by atoms with Crippen LogP contribution >= 0.6 is 11.8 Å². The highest BCUT2D eigenvalue weighted by atomic mass is 32.2. The number of nitrogens with two attached hydrogens (primary N) is 1. The molecule has 0 bridgehead atoms. The molecule has 2 aromatic carbocycles. The lowest BCUT2D eigenvalue weighted by atomic mass is 10.0. The molecule has 0 spiro atoms. The Morgan fingerprint density at radius 2 is 1.97 bits per heavy atom. The lowest BCUT2D eigenvalue weighted by molar-refractivity contribution is 0.0988. The van der Waals surface area contributed by atoms with E-state index in [1.54, 1.807) is 42.5 Å². The van der Waals surface area contributed by atoms with Gasteiger partial charge in [0.05, 0.1) is 18.1 Å². The Balaban J connectivity index is 1.95. The van der Waals surface area contributed by atoms with Crippen molar-refractivity contribution in [2.24, 2.45) is 10.8 Å². The highest BCUT2D eigenvalue weighted by Crippen LogP contribution is 2.34. The summed E-state index contributed by atoms with van der Waals surface area (Å²) in [6.07, 6.45) is 0.322. The minimum Gasteiger partial charge on any atom is -0.504 e. The van der Waals surface area contributed by atoms with Gasteiger partial charge in [-0.25, -0.2) is 5.01 Å². The summed E-state index contributed by atoms with van der Waals surface area (Å²) in [7, 11) is 1.48. The molecule has 0 saturated carbocycles. The third-order valence-electron chi connectivity index (χ3n) is 4.95. The summed E-state index contributed by atoms with van der Waals surface area (Å²) in [5, 5.41) is 15.6. The summed E-state index contributed by atoms with van der Waals surface area (Å²) in [6, 6.07) is 11.9. The number of rotatable bonds is 7. The maximum Gasteiger partial charge on any atom is 0.304 e. The van der Waals surface area contributed by atoms with Crippen LogP contribution in [-0.4, -0.2) is 39.2 Å². The fourth-order valence-electron chi connectivity index (χ4n) is 3.21. The van der Waals surface area contributed by atoms with E-state index >= 15 is 0 Å². The second-order valence-electron chi connectivity index (χ2n) is 6.84. The van der Waals surface area contributed by atoms with Crippen LogP contribution in [0.25, 0.3) is 0 Å². The third-order valence-corrected chi connectivity index (χ3v) is 6.18. The number of nitrogens with zero attached hydrogens (tertiary/aromatic N) is 2. The average molecular weight is 428 g/mol. The molecule has 2 aromatic rings. The SMILES string of the molecule is CCC(=O)c1ccc(C(N)N2N=C(c3ccc(OC)c(O)c3)C(CC)SC2=O)cc1. The van der Waals surface area contributed by atoms with Crippen molar-refractivity contribution in [2.45, 2.75) is 38.1 Å². The number of thioether (sulfide) groups is 1. The molecule has 2 atom stereocenters. The molecule has 0 aliphatic carbocycles. The van der Waals surface area contributed by atoms with E-state index in [0.717, 1.165) is 11.8 Å². The zero-order valence-corrected chi connectivity index (χ0v) is 18.0. The Bertz CT molecular complexity index is 975. The first-order chi connectivity index (χ1) is 14.4. The number of hydrazone groups is 1. The van der Waals surface area contributed by atoms with Crippen molar-refractivity contribution in [3.05, 3.63) is 59.2 Å². The number of methoxy groups -OCH3 is 1. The van der Waals surface area contributed by atoms with Gasteiger partial charge in [0.2, 0.25) is 0 Å². The Morgan fingerprint density at radius 1 is 1.27 bits per heavy atom. The summed E-state index contributed by atoms with van der Waals surface area (Å²) in [6.45, 7) is 3.78. The minimum atomic E-state index is -0.796. The van der Waals surface area contributed by atoms with Crippen LogP contribution in [0, 0.1) is 0 Å². The normalized spacial score (nSPS) is 17.5. The van der Waals surface area contributed by atoms with Gasteiger partial charge in [-0.3, -0.25) is 9.59 Å². The molecular weight excluding hydrogens is 402 g/mol. The minimum absolute atomic E-state index is 0.00137. The first-order valence-corrected chi connectivity index (χ1v) is 10.6. The van der Waals surface area contributed by atoms with Crippen LogP contribution in [0.1, 0.15) is 54.3 Å². The molecule has 0 fully saturated rings. The maximum atomic E-state index is 12.7. The zero-order chi connectivity index (χ0) is 21.8. The zero-order valence-electron chi connectivity index (χ0n) is 17.2. The van der Waals surface area contributed by atoms with E-state index in [0.29, 0.717) is 41.0 Å². The van der Waals surface area contributed by atoms with Crippen LogP contribution < -0.4 is 10.5 Å². The summed E-state index contributed by atoms with van der Waals surface area (Å²) >= 11 is 1.16. The van der Waals surface area contributed by atoms with Crippen molar-refractivity contribution >= 4 is 28.5 Å². The number of phenolic OH excluding ortho intramolecular Hbond substituents is 1. The molecule has 8 heteroatoms. The van der Waals surface area contributed by atoms with Crippen LogP contribution in [0.2, 0.25) is 0 Å². The standard InChI is InChI=1S/C22H25N3O4S/c1-4-16(26)13-6-8-14(9-7-13)21(23)25-22(28)30-19(5-2)20(24-25)15-10-11-18(29-3)17(27)12-15/h6-12,19,21,27H,4-5,23H2,1-3H3. The molecule has 1 amide bonds. The number of amides is 1. The lowest BCUT2D eigenvalue weighted by Gasteiger charge is -2.32. The van der Waals surface area contributed by atoms with Crippen LogP contribution in [-0.2, 0) is 0 Å². The van der Waals surface area contributed by atoms with Gasteiger partial charge >= 0.3 is 5.24 Å². The fourth-order valence-corrected chi connectivity index (χ4v) is 4.18. The number of carbonyl (C=O) groups is 2. The number of hydrogen-bond donors (Lipinski definition) is 2. The second kappa shape index (κ2) is 9.32. The second-order valence-corrected chi connectivity index (χ2v) is 7.99. The molecule has 158 valence electrons. The van der Waals surface area contributed by atoms with Gasteiger partial charge in [-0.05, 0) is 30.2 Å². The quantitative estimate of drug-likeness (QED) is 0.638. The number of hydrogen-bond acceptors (Lipinski definition) is 7. The van der Waals surface area contributed by atoms with Crippen molar-refractivity contribution in [3.63, 3.8) is 0 Å². The highest BCUT2D eigenvalue weighted by molar-refractivity contribution is 8.14. The van der Waals surface area contributed by atoms with E-state index < -0.39 is 6.17 Å². The van der Waals surface area contributed by atoms with E-state index in [9.17, 15) is 14.7 Å². The van der Waals surface area contributed by atoms with Crippen molar-refractivity contribution in [2.75, 3.05) is 7.11 Å². The summed E-state index contributed by atoms with van der Waals surface area (Å²) < 4.78 is 5.11. The van der Waals surface area contributed by atoms with Gasteiger partial charge in [-0.1, -0.05) is 49.9 Å². The summed E-state index contributed by atoms with van der Waals surface area (Å²) in [5.74, 6) is 0.411.